The van der Waals surface area contributed by atoms with E-state index in [1.54, 1.807) is 0 Å². The minimum Gasteiger partial charge on any atom is -0.302 e. The van der Waals surface area contributed by atoms with Crippen LogP contribution in [0.2, 0.25) is 0 Å². The van der Waals surface area contributed by atoms with Crippen molar-refractivity contribution in [2.24, 2.45) is 0 Å². The Kier molecular flexibility index (Phi) is 6.64. The second kappa shape index (κ2) is 7.57. The van der Waals surface area contributed by atoms with Gasteiger partial charge in [0, 0.05) is 12.1 Å². The molecule has 1 heterocycles. The van der Waals surface area contributed by atoms with E-state index in [0.717, 1.165) is 32.2 Å². The molecule has 2 unspecified atom stereocenters. The first-order valence-corrected chi connectivity index (χ1v) is 9.65. The van der Waals surface area contributed by atoms with Crippen molar-refractivity contribution in [1.82, 2.24) is 10.2 Å². The first-order chi connectivity index (χ1) is 9.73. The third-order valence-electron chi connectivity index (χ3n) is 4.33. The molecule has 1 fully saturated rings. The van der Waals surface area contributed by atoms with E-state index in [1.165, 1.54) is 0 Å². The molecule has 0 radical (unpaired) electrons. The molecule has 21 heavy (non-hydrogen) atoms. The molecule has 1 aliphatic rings. The van der Waals surface area contributed by atoms with Gasteiger partial charge >= 0.3 is 0 Å². The number of nitrogens with zero attached hydrogens (tertiary/aromatic N) is 2. The highest BCUT2D eigenvalue weighted by atomic mass is 32.2. The number of hydrogen-bond acceptors (Lipinski definition) is 5. The van der Waals surface area contributed by atoms with Crippen molar-refractivity contribution < 1.29 is 8.42 Å². The summed E-state index contributed by atoms with van der Waals surface area (Å²) in [5, 5.41) is 12.8. The van der Waals surface area contributed by atoms with Gasteiger partial charge in [0.1, 0.15) is 5.54 Å². The summed E-state index contributed by atoms with van der Waals surface area (Å²) in [5.74, 6) is 0.596. The minimum absolute atomic E-state index is 0.145. The van der Waals surface area contributed by atoms with E-state index >= 15 is 0 Å². The van der Waals surface area contributed by atoms with Crippen LogP contribution in [0, 0.1) is 11.3 Å². The third-order valence-corrected chi connectivity index (χ3v) is 6.08. The molecule has 0 aliphatic carbocycles. The Morgan fingerprint density at radius 1 is 1.48 bits per heavy atom. The van der Waals surface area contributed by atoms with Gasteiger partial charge in [0.2, 0.25) is 0 Å². The second-order valence-electron chi connectivity index (χ2n) is 6.49. The first kappa shape index (κ1) is 18.4. The van der Waals surface area contributed by atoms with E-state index in [2.05, 4.69) is 30.1 Å². The lowest BCUT2D eigenvalue weighted by Crippen LogP contribution is -2.47. The van der Waals surface area contributed by atoms with Gasteiger partial charge in [-0.15, -0.1) is 0 Å². The van der Waals surface area contributed by atoms with Crippen LogP contribution in [-0.4, -0.2) is 56.0 Å². The fourth-order valence-corrected chi connectivity index (χ4v) is 4.81. The summed E-state index contributed by atoms with van der Waals surface area (Å²) >= 11 is 0. The average molecular weight is 315 g/mol. The molecule has 0 aromatic heterocycles. The molecule has 6 heteroatoms. The number of nitriles is 1. The van der Waals surface area contributed by atoms with Crippen LogP contribution >= 0.6 is 0 Å². The van der Waals surface area contributed by atoms with E-state index < -0.39 is 15.4 Å². The van der Waals surface area contributed by atoms with Gasteiger partial charge in [-0.2, -0.15) is 5.26 Å². The van der Waals surface area contributed by atoms with Crippen molar-refractivity contribution >= 4 is 9.84 Å². The molecule has 0 amide bonds. The number of sulfone groups is 1. The minimum atomic E-state index is -2.83. The smallest absolute Gasteiger partial charge is 0.151 e. The van der Waals surface area contributed by atoms with Gasteiger partial charge in [-0.25, -0.2) is 8.42 Å². The molecule has 1 N–H and O–H groups in total. The van der Waals surface area contributed by atoms with Crippen LogP contribution in [0.25, 0.3) is 0 Å². The van der Waals surface area contributed by atoms with E-state index in [4.69, 9.17) is 0 Å². The van der Waals surface area contributed by atoms with Gasteiger partial charge in [-0.3, -0.25) is 5.32 Å². The molecule has 0 saturated carbocycles. The average Bonchev–Trinajstić information content (AvgIpc) is 2.77. The zero-order chi connectivity index (χ0) is 16.1. The fourth-order valence-electron chi connectivity index (χ4n) is 3.01. The summed E-state index contributed by atoms with van der Waals surface area (Å²) in [4.78, 5) is 2.14. The van der Waals surface area contributed by atoms with Gasteiger partial charge in [0.05, 0.1) is 17.6 Å². The Labute approximate surface area is 129 Å². The molecule has 122 valence electrons. The quantitative estimate of drug-likeness (QED) is 0.736. The van der Waals surface area contributed by atoms with Crippen molar-refractivity contribution in [3.05, 3.63) is 0 Å². The van der Waals surface area contributed by atoms with Gasteiger partial charge in [-0.1, -0.05) is 6.92 Å². The Bertz CT molecular complexity index is 470. The van der Waals surface area contributed by atoms with Gasteiger partial charge in [0.25, 0.3) is 0 Å². The predicted molar refractivity (Wildman–Crippen MR) is 85.8 cm³/mol. The topological polar surface area (TPSA) is 73.2 Å². The summed E-state index contributed by atoms with van der Waals surface area (Å²) < 4.78 is 23.0. The summed E-state index contributed by atoms with van der Waals surface area (Å²) in [6, 6.07) is 2.85. The lowest BCUT2D eigenvalue weighted by molar-refractivity contribution is 0.240. The summed E-state index contributed by atoms with van der Waals surface area (Å²) in [6.07, 6.45) is 3.21. The van der Waals surface area contributed by atoms with Crippen LogP contribution in [0.5, 0.6) is 0 Å². The molecule has 0 aromatic rings. The molecular formula is C15H29N3O2S. The van der Waals surface area contributed by atoms with Crippen molar-refractivity contribution in [2.45, 2.75) is 64.1 Å². The molecule has 0 bridgehead atoms. The maximum atomic E-state index is 11.5. The lowest BCUT2D eigenvalue weighted by atomic mass is 9.91. The number of rotatable bonds is 8. The standard InChI is InChI=1S/C15H29N3O2S/c1-5-15(12-16,17-13(2)3)8-6-9-18(4)14-7-10-21(19,20)11-14/h13-14,17H,5-11H2,1-4H3. The number of nitrogens with one attached hydrogen (secondary N) is 1. The summed E-state index contributed by atoms with van der Waals surface area (Å²) in [7, 11) is -0.838. The monoisotopic (exact) mass is 315 g/mol. The summed E-state index contributed by atoms with van der Waals surface area (Å²) in [6.45, 7) is 6.98. The van der Waals surface area contributed by atoms with Crippen LogP contribution in [0.3, 0.4) is 0 Å². The third kappa shape index (κ3) is 5.57. The molecule has 0 aromatic carbocycles. The maximum Gasteiger partial charge on any atom is 0.151 e. The molecule has 1 rings (SSSR count). The zero-order valence-electron chi connectivity index (χ0n) is 13.7. The van der Waals surface area contributed by atoms with E-state index in [9.17, 15) is 13.7 Å². The number of hydrogen-bond donors (Lipinski definition) is 1. The van der Waals surface area contributed by atoms with Crippen LogP contribution in [0.4, 0.5) is 0 Å². The largest absolute Gasteiger partial charge is 0.302 e. The molecule has 1 aliphatic heterocycles. The van der Waals surface area contributed by atoms with E-state index in [0.29, 0.717) is 5.75 Å². The van der Waals surface area contributed by atoms with E-state index in [1.807, 2.05) is 14.0 Å². The Balaban J connectivity index is 2.46. The lowest BCUT2D eigenvalue weighted by Gasteiger charge is -2.30. The highest BCUT2D eigenvalue weighted by molar-refractivity contribution is 7.91. The molecular weight excluding hydrogens is 286 g/mol. The molecule has 2 atom stereocenters. The highest BCUT2D eigenvalue weighted by Crippen LogP contribution is 2.20. The van der Waals surface area contributed by atoms with Crippen LogP contribution in [0.1, 0.15) is 46.5 Å². The predicted octanol–water partition coefficient (Wildman–Crippen LogP) is 1.56. The Hall–Kier alpha value is -0.640. The molecule has 1 saturated heterocycles. The van der Waals surface area contributed by atoms with Crippen LogP contribution < -0.4 is 5.32 Å². The van der Waals surface area contributed by atoms with Crippen molar-refractivity contribution in [3.63, 3.8) is 0 Å². The van der Waals surface area contributed by atoms with Gasteiger partial charge in [0.15, 0.2) is 9.84 Å². The van der Waals surface area contributed by atoms with Crippen LogP contribution in [0.15, 0.2) is 0 Å². The van der Waals surface area contributed by atoms with Crippen molar-refractivity contribution in [3.8, 4) is 6.07 Å². The SMILES string of the molecule is CCC(C#N)(CCCN(C)C1CCS(=O)(=O)C1)NC(C)C. The van der Waals surface area contributed by atoms with E-state index in [-0.39, 0.29) is 17.8 Å². The first-order valence-electron chi connectivity index (χ1n) is 7.83. The fraction of sp³-hybridized carbons (Fsp3) is 0.933. The van der Waals surface area contributed by atoms with Gasteiger partial charge in [-0.05, 0) is 53.1 Å². The Morgan fingerprint density at radius 2 is 2.14 bits per heavy atom. The summed E-state index contributed by atoms with van der Waals surface area (Å²) in [5.41, 5.74) is -0.462. The van der Waals surface area contributed by atoms with Crippen molar-refractivity contribution in [2.75, 3.05) is 25.1 Å². The van der Waals surface area contributed by atoms with Crippen molar-refractivity contribution in [1.29, 1.82) is 5.26 Å². The second-order valence-corrected chi connectivity index (χ2v) is 8.72. The maximum absolute atomic E-state index is 11.5. The molecule has 5 nitrogen and oxygen atoms in total. The molecule has 0 spiro atoms. The highest BCUT2D eigenvalue weighted by Gasteiger charge is 2.31. The Morgan fingerprint density at radius 3 is 2.57 bits per heavy atom. The van der Waals surface area contributed by atoms with Crippen LogP contribution in [-0.2, 0) is 9.84 Å². The normalized spacial score (nSPS) is 24.1. The zero-order valence-corrected chi connectivity index (χ0v) is 14.5. The van der Waals surface area contributed by atoms with Gasteiger partial charge < -0.3 is 4.90 Å².